The van der Waals surface area contributed by atoms with Crippen molar-refractivity contribution >= 4 is 29.2 Å². The zero-order valence-electron chi connectivity index (χ0n) is 15.1. The van der Waals surface area contributed by atoms with Gasteiger partial charge in [0.25, 0.3) is 5.56 Å². The van der Waals surface area contributed by atoms with Crippen molar-refractivity contribution in [3.05, 3.63) is 51.9 Å². The number of carboxylic acids is 2. The molecule has 0 saturated carbocycles. The fourth-order valence-corrected chi connectivity index (χ4v) is 2.15. The second-order valence-corrected chi connectivity index (χ2v) is 6.31. The van der Waals surface area contributed by atoms with Gasteiger partial charge in [0.05, 0.1) is 17.6 Å². The maximum Gasteiger partial charge on any atom is 0.490 e. The number of aromatic nitrogens is 2. The predicted molar refractivity (Wildman–Crippen MR) is 98.4 cm³/mol. The smallest absolute Gasteiger partial charge is 0.480 e. The van der Waals surface area contributed by atoms with E-state index in [0.717, 1.165) is 0 Å². The molecule has 0 saturated heterocycles. The molecule has 0 aliphatic rings. The molecular weight excluding hydrogens is 419 g/mol. The quantitative estimate of drug-likeness (QED) is 0.659. The number of hydrogen-bond donors (Lipinski definition) is 3. The number of hydrogen-bond acceptors (Lipinski definition) is 5. The number of nitrogens with one attached hydrogen (secondary N) is 1. The van der Waals surface area contributed by atoms with Crippen molar-refractivity contribution in [3.8, 4) is 5.69 Å². The third-order valence-corrected chi connectivity index (χ3v) is 3.77. The molecule has 2 aromatic rings. The molecule has 1 aromatic heterocycles. The average molecular weight is 436 g/mol. The molecule has 2 rings (SSSR count). The molecule has 1 atom stereocenters. The molecule has 0 aliphatic heterocycles. The van der Waals surface area contributed by atoms with Crippen LogP contribution in [0.15, 0.2) is 41.3 Å². The SMILES string of the molecule is CC(C)[C@H](Nc1cnn(-c2ccccc2)c(=O)c1Cl)C(=O)O.O=C(O)C(F)(F)F. The number of anilines is 1. The van der Waals surface area contributed by atoms with E-state index < -0.39 is 29.7 Å². The fraction of sp³-hybridized carbons (Fsp3) is 0.294. The monoisotopic (exact) mass is 435 g/mol. The molecule has 0 radical (unpaired) electrons. The molecule has 1 aromatic carbocycles. The van der Waals surface area contributed by atoms with Crippen molar-refractivity contribution in [3.63, 3.8) is 0 Å². The maximum atomic E-state index is 12.3. The number of carbonyl (C=O) groups is 2. The van der Waals surface area contributed by atoms with Crippen molar-refractivity contribution in [1.29, 1.82) is 0 Å². The Morgan fingerprint density at radius 2 is 1.69 bits per heavy atom. The fourth-order valence-electron chi connectivity index (χ4n) is 1.97. The molecule has 0 spiro atoms. The number of carboxylic acid groups (broad SMARTS) is 2. The lowest BCUT2D eigenvalue weighted by Crippen LogP contribution is -2.35. The summed E-state index contributed by atoms with van der Waals surface area (Å²) in [5.41, 5.74) is 0.283. The number of aliphatic carboxylic acids is 2. The minimum absolute atomic E-state index is 0.0919. The summed E-state index contributed by atoms with van der Waals surface area (Å²) in [5, 5.41) is 23.0. The molecule has 29 heavy (non-hydrogen) atoms. The third-order valence-electron chi connectivity index (χ3n) is 3.41. The molecule has 3 N–H and O–H groups in total. The predicted octanol–water partition coefficient (Wildman–Crippen LogP) is 3.04. The van der Waals surface area contributed by atoms with E-state index in [2.05, 4.69) is 10.4 Å². The lowest BCUT2D eigenvalue weighted by atomic mass is 10.0. The van der Waals surface area contributed by atoms with Gasteiger partial charge in [-0.15, -0.1) is 0 Å². The van der Waals surface area contributed by atoms with Crippen LogP contribution in [-0.4, -0.2) is 44.2 Å². The summed E-state index contributed by atoms with van der Waals surface area (Å²) in [7, 11) is 0. The molecule has 12 heteroatoms. The largest absolute Gasteiger partial charge is 0.490 e. The van der Waals surface area contributed by atoms with E-state index in [0.29, 0.717) is 5.69 Å². The summed E-state index contributed by atoms with van der Waals surface area (Å²) in [4.78, 5) is 32.4. The van der Waals surface area contributed by atoms with Crippen LogP contribution in [0, 0.1) is 5.92 Å². The van der Waals surface area contributed by atoms with E-state index in [4.69, 9.17) is 21.5 Å². The zero-order chi connectivity index (χ0) is 22.4. The van der Waals surface area contributed by atoms with Crippen LogP contribution in [0.5, 0.6) is 0 Å². The standard InChI is InChI=1S/C15H16ClN3O3.C2HF3O2/c1-9(2)13(15(21)22)18-11-8-17-19(14(20)12(11)16)10-6-4-3-5-7-10;3-2(4,5)1(6)7/h3-9,13,18H,1-2H3,(H,21,22);(H,6,7)/t13-;/m0./s1. The Morgan fingerprint density at radius 1 is 1.17 bits per heavy atom. The highest BCUT2D eigenvalue weighted by molar-refractivity contribution is 6.33. The highest BCUT2D eigenvalue weighted by atomic mass is 35.5. The van der Waals surface area contributed by atoms with Crippen LogP contribution in [0.3, 0.4) is 0 Å². The molecule has 8 nitrogen and oxygen atoms in total. The highest BCUT2D eigenvalue weighted by Gasteiger charge is 2.38. The number of benzene rings is 1. The van der Waals surface area contributed by atoms with Gasteiger partial charge in [0.2, 0.25) is 0 Å². The van der Waals surface area contributed by atoms with Crippen LogP contribution < -0.4 is 10.9 Å². The van der Waals surface area contributed by atoms with Gasteiger partial charge in [-0.1, -0.05) is 43.6 Å². The van der Waals surface area contributed by atoms with Gasteiger partial charge >= 0.3 is 18.1 Å². The van der Waals surface area contributed by atoms with Crippen LogP contribution >= 0.6 is 11.6 Å². The van der Waals surface area contributed by atoms with Gasteiger partial charge in [-0.25, -0.2) is 9.59 Å². The van der Waals surface area contributed by atoms with E-state index in [9.17, 15) is 27.9 Å². The number of rotatable bonds is 5. The van der Waals surface area contributed by atoms with E-state index in [1.54, 1.807) is 38.1 Å². The van der Waals surface area contributed by atoms with Crippen molar-refractivity contribution in [1.82, 2.24) is 9.78 Å². The topological polar surface area (TPSA) is 122 Å². The number of para-hydroxylation sites is 1. The Morgan fingerprint density at radius 3 is 2.10 bits per heavy atom. The number of nitrogens with zero attached hydrogens (tertiary/aromatic N) is 2. The van der Waals surface area contributed by atoms with Crippen LogP contribution in [0.2, 0.25) is 5.02 Å². The number of halogens is 4. The summed E-state index contributed by atoms with van der Waals surface area (Å²) in [6, 6.07) is 7.99. The van der Waals surface area contributed by atoms with Crippen molar-refractivity contribution in [2.24, 2.45) is 5.92 Å². The molecule has 0 amide bonds. The van der Waals surface area contributed by atoms with E-state index in [1.807, 2.05) is 6.07 Å². The zero-order valence-corrected chi connectivity index (χ0v) is 15.9. The minimum Gasteiger partial charge on any atom is -0.480 e. The molecule has 0 aliphatic carbocycles. The first-order valence-corrected chi connectivity index (χ1v) is 8.36. The summed E-state index contributed by atoms with van der Waals surface area (Å²) >= 11 is 6.07. The second-order valence-electron chi connectivity index (χ2n) is 5.93. The summed E-state index contributed by atoms with van der Waals surface area (Å²) < 4.78 is 32.9. The van der Waals surface area contributed by atoms with Crippen LogP contribution in [0.1, 0.15) is 13.8 Å². The van der Waals surface area contributed by atoms with E-state index in [-0.39, 0.29) is 16.6 Å². The summed E-state index contributed by atoms with van der Waals surface area (Å²) in [6.45, 7) is 3.52. The van der Waals surface area contributed by atoms with Crippen LogP contribution in [0.25, 0.3) is 5.69 Å². The van der Waals surface area contributed by atoms with E-state index in [1.165, 1.54) is 10.9 Å². The minimum atomic E-state index is -5.08. The Bertz CT molecular complexity index is 917. The molecule has 0 bridgehead atoms. The van der Waals surface area contributed by atoms with Crippen molar-refractivity contribution in [2.75, 3.05) is 5.32 Å². The Labute approximate surface area is 167 Å². The molecule has 0 unspecified atom stereocenters. The summed E-state index contributed by atoms with van der Waals surface area (Å²) in [6.07, 6.45) is -3.73. The van der Waals surface area contributed by atoms with Crippen LogP contribution in [0.4, 0.5) is 18.9 Å². The first-order chi connectivity index (χ1) is 13.4. The molecule has 0 fully saturated rings. The third kappa shape index (κ3) is 6.79. The van der Waals surface area contributed by atoms with Gasteiger partial charge in [-0.3, -0.25) is 4.79 Å². The van der Waals surface area contributed by atoms with E-state index >= 15 is 0 Å². The van der Waals surface area contributed by atoms with Gasteiger partial charge in [0, 0.05) is 0 Å². The second kappa shape index (κ2) is 9.92. The Balaban J connectivity index is 0.000000516. The van der Waals surface area contributed by atoms with Gasteiger partial charge in [0.15, 0.2) is 0 Å². The normalized spacial score (nSPS) is 12.0. The average Bonchev–Trinajstić information content (AvgIpc) is 2.62. The Hall–Kier alpha value is -3.08. The highest BCUT2D eigenvalue weighted by Crippen LogP contribution is 2.19. The number of alkyl halides is 3. The van der Waals surface area contributed by atoms with Crippen molar-refractivity contribution < 1.29 is 33.0 Å². The Kier molecular flexibility index (Phi) is 8.19. The molecular formula is C17H17ClF3N3O5. The van der Waals surface area contributed by atoms with Gasteiger partial charge in [-0.2, -0.15) is 23.0 Å². The van der Waals surface area contributed by atoms with Crippen LogP contribution in [-0.2, 0) is 9.59 Å². The lowest BCUT2D eigenvalue weighted by Gasteiger charge is -2.19. The van der Waals surface area contributed by atoms with Gasteiger partial charge in [-0.05, 0) is 18.1 Å². The lowest BCUT2D eigenvalue weighted by molar-refractivity contribution is -0.192. The molecule has 158 valence electrons. The summed E-state index contributed by atoms with van der Waals surface area (Å²) in [5.74, 6) is -3.95. The maximum absolute atomic E-state index is 12.3. The first kappa shape index (κ1) is 24.0. The van der Waals surface area contributed by atoms with Gasteiger partial charge in [0.1, 0.15) is 11.1 Å². The van der Waals surface area contributed by atoms with Crippen molar-refractivity contribution in [2.45, 2.75) is 26.1 Å². The first-order valence-electron chi connectivity index (χ1n) is 7.99. The molecule has 1 heterocycles. The van der Waals surface area contributed by atoms with Gasteiger partial charge < -0.3 is 15.5 Å².